The van der Waals surface area contributed by atoms with Crippen molar-refractivity contribution in [2.45, 2.75) is 26.4 Å². The number of nitrogens with zero attached hydrogens (tertiary/aromatic N) is 1. The van der Waals surface area contributed by atoms with Crippen LogP contribution in [0.5, 0.6) is 5.75 Å². The van der Waals surface area contributed by atoms with Crippen molar-refractivity contribution < 1.29 is 9.53 Å². The Balaban J connectivity index is 1.88. The minimum absolute atomic E-state index is 0.0409. The van der Waals surface area contributed by atoms with E-state index in [0.717, 1.165) is 17.7 Å². The predicted octanol–water partition coefficient (Wildman–Crippen LogP) is 1.66. The summed E-state index contributed by atoms with van der Waals surface area (Å²) >= 11 is 0. The Morgan fingerprint density at radius 3 is 2.94 bits per heavy atom. The number of rotatable bonds is 3. The van der Waals surface area contributed by atoms with E-state index in [1.807, 2.05) is 30.3 Å². The standard InChI is InChI=1S/C14H16N2O2/c1-14(2,9-15)13(17)16-8-11-7-10-5-3-4-6-12(10)18-11/h3-6,11H,7-8H2,1-2H3,(H,16,17). The zero-order valence-electron chi connectivity index (χ0n) is 10.6. The van der Waals surface area contributed by atoms with Crippen LogP contribution in [0.1, 0.15) is 19.4 Å². The summed E-state index contributed by atoms with van der Waals surface area (Å²) < 4.78 is 5.71. The van der Waals surface area contributed by atoms with Crippen molar-refractivity contribution in [2.75, 3.05) is 6.54 Å². The number of benzene rings is 1. The number of amides is 1. The summed E-state index contributed by atoms with van der Waals surface area (Å²) in [5, 5.41) is 11.6. The molecule has 1 amide bonds. The van der Waals surface area contributed by atoms with Crippen LogP contribution < -0.4 is 10.1 Å². The smallest absolute Gasteiger partial charge is 0.240 e. The average Bonchev–Trinajstić information content (AvgIpc) is 2.78. The van der Waals surface area contributed by atoms with Gasteiger partial charge in [-0.05, 0) is 25.5 Å². The number of carbonyl (C=O) groups excluding carboxylic acids is 1. The van der Waals surface area contributed by atoms with E-state index in [9.17, 15) is 4.79 Å². The number of carbonyl (C=O) groups is 1. The van der Waals surface area contributed by atoms with Crippen LogP contribution in [0.25, 0.3) is 0 Å². The Labute approximate surface area is 107 Å². The molecule has 1 atom stereocenters. The van der Waals surface area contributed by atoms with E-state index in [0.29, 0.717) is 6.54 Å². The lowest BCUT2D eigenvalue weighted by atomic mass is 9.95. The highest BCUT2D eigenvalue weighted by atomic mass is 16.5. The van der Waals surface area contributed by atoms with Crippen LogP contribution in [0.15, 0.2) is 24.3 Å². The van der Waals surface area contributed by atoms with Crippen molar-refractivity contribution in [3.05, 3.63) is 29.8 Å². The summed E-state index contributed by atoms with van der Waals surface area (Å²) in [5.74, 6) is 0.626. The lowest BCUT2D eigenvalue weighted by molar-refractivity contribution is -0.127. The van der Waals surface area contributed by atoms with Crippen molar-refractivity contribution in [2.24, 2.45) is 5.41 Å². The first-order chi connectivity index (χ1) is 8.53. The molecule has 94 valence electrons. The van der Waals surface area contributed by atoms with Crippen molar-refractivity contribution in [3.8, 4) is 11.8 Å². The molecular weight excluding hydrogens is 228 g/mol. The first kappa shape index (κ1) is 12.4. The molecule has 1 aromatic carbocycles. The quantitative estimate of drug-likeness (QED) is 0.879. The van der Waals surface area contributed by atoms with E-state index < -0.39 is 5.41 Å². The summed E-state index contributed by atoms with van der Waals surface area (Å²) in [6, 6.07) is 9.84. The highest BCUT2D eigenvalue weighted by Gasteiger charge is 2.29. The molecule has 0 saturated carbocycles. The number of hydrogen-bond donors (Lipinski definition) is 1. The molecule has 1 unspecified atom stereocenters. The molecule has 0 spiro atoms. The summed E-state index contributed by atoms with van der Waals surface area (Å²) in [6.45, 7) is 3.64. The van der Waals surface area contributed by atoms with Gasteiger partial charge >= 0.3 is 0 Å². The summed E-state index contributed by atoms with van der Waals surface area (Å²) in [7, 11) is 0. The van der Waals surface area contributed by atoms with Gasteiger partial charge in [0.1, 0.15) is 17.3 Å². The first-order valence-corrected chi connectivity index (χ1v) is 5.97. The highest BCUT2D eigenvalue weighted by Crippen LogP contribution is 2.27. The lowest BCUT2D eigenvalue weighted by Gasteiger charge is -2.17. The van der Waals surface area contributed by atoms with Gasteiger partial charge < -0.3 is 10.1 Å². The predicted molar refractivity (Wildman–Crippen MR) is 67.0 cm³/mol. The van der Waals surface area contributed by atoms with Crippen LogP contribution in [0.3, 0.4) is 0 Å². The number of ether oxygens (including phenoxy) is 1. The van der Waals surface area contributed by atoms with Gasteiger partial charge in [0.25, 0.3) is 0 Å². The van der Waals surface area contributed by atoms with Crippen LogP contribution in [-0.4, -0.2) is 18.6 Å². The summed E-state index contributed by atoms with van der Waals surface area (Å²) in [4.78, 5) is 11.7. The topological polar surface area (TPSA) is 62.1 Å². The van der Waals surface area contributed by atoms with Gasteiger partial charge in [0, 0.05) is 6.42 Å². The van der Waals surface area contributed by atoms with E-state index >= 15 is 0 Å². The largest absolute Gasteiger partial charge is 0.488 e. The van der Waals surface area contributed by atoms with Crippen LogP contribution in [0, 0.1) is 16.7 Å². The Kier molecular flexibility index (Phi) is 3.24. The third-order valence-corrected chi connectivity index (χ3v) is 3.05. The second kappa shape index (κ2) is 4.69. The number of hydrogen-bond acceptors (Lipinski definition) is 3. The fraction of sp³-hybridized carbons (Fsp3) is 0.429. The normalized spacial score (nSPS) is 17.5. The second-order valence-electron chi connectivity index (χ2n) is 5.00. The van der Waals surface area contributed by atoms with Gasteiger partial charge in [-0.15, -0.1) is 0 Å². The number of fused-ring (bicyclic) bond motifs is 1. The minimum Gasteiger partial charge on any atom is -0.488 e. The maximum atomic E-state index is 11.7. The van der Waals surface area contributed by atoms with Gasteiger partial charge in [0.2, 0.25) is 5.91 Å². The van der Waals surface area contributed by atoms with Crippen LogP contribution in [0.2, 0.25) is 0 Å². The molecule has 1 N–H and O–H groups in total. The van der Waals surface area contributed by atoms with Gasteiger partial charge in [-0.2, -0.15) is 5.26 Å². The van der Waals surface area contributed by atoms with E-state index in [-0.39, 0.29) is 12.0 Å². The molecule has 0 fully saturated rings. The molecular formula is C14H16N2O2. The molecule has 0 radical (unpaired) electrons. The molecule has 0 aromatic heterocycles. The van der Waals surface area contributed by atoms with Gasteiger partial charge in [-0.1, -0.05) is 18.2 Å². The van der Waals surface area contributed by atoms with Crippen molar-refractivity contribution >= 4 is 5.91 Å². The Morgan fingerprint density at radius 2 is 2.28 bits per heavy atom. The molecule has 4 nitrogen and oxygen atoms in total. The van der Waals surface area contributed by atoms with Crippen molar-refractivity contribution in [1.82, 2.24) is 5.32 Å². The molecule has 0 bridgehead atoms. The van der Waals surface area contributed by atoms with Crippen LogP contribution >= 0.6 is 0 Å². The third-order valence-electron chi connectivity index (χ3n) is 3.05. The SMILES string of the molecule is CC(C)(C#N)C(=O)NCC1Cc2ccccc2O1. The molecule has 4 heteroatoms. The average molecular weight is 244 g/mol. The van der Waals surface area contributed by atoms with Crippen molar-refractivity contribution in [3.63, 3.8) is 0 Å². The maximum absolute atomic E-state index is 11.7. The van der Waals surface area contributed by atoms with Crippen LogP contribution in [-0.2, 0) is 11.2 Å². The van der Waals surface area contributed by atoms with Gasteiger partial charge in [0.15, 0.2) is 0 Å². The van der Waals surface area contributed by atoms with Crippen LogP contribution in [0.4, 0.5) is 0 Å². The highest BCUT2D eigenvalue weighted by molar-refractivity contribution is 5.84. The fourth-order valence-electron chi connectivity index (χ4n) is 1.85. The van der Waals surface area contributed by atoms with Gasteiger partial charge in [0.05, 0.1) is 12.6 Å². The molecule has 18 heavy (non-hydrogen) atoms. The maximum Gasteiger partial charge on any atom is 0.240 e. The fourth-order valence-corrected chi connectivity index (χ4v) is 1.85. The number of nitriles is 1. The lowest BCUT2D eigenvalue weighted by Crippen LogP contribution is -2.41. The van der Waals surface area contributed by atoms with Gasteiger partial charge in [-0.25, -0.2) is 0 Å². The molecule has 1 aliphatic heterocycles. The summed E-state index contributed by atoms with van der Waals surface area (Å²) in [5.41, 5.74) is 0.169. The molecule has 2 rings (SSSR count). The Morgan fingerprint density at radius 1 is 1.56 bits per heavy atom. The monoisotopic (exact) mass is 244 g/mol. The molecule has 0 aliphatic carbocycles. The van der Waals surface area contributed by atoms with Crippen molar-refractivity contribution in [1.29, 1.82) is 5.26 Å². The van der Waals surface area contributed by atoms with E-state index in [2.05, 4.69) is 5.32 Å². The molecule has 1 heterocycles. The van der Waals surface area contributed by atoms with E-state index in [4.69, 9.17) is 10.00 Å². The molecule has 1 aromatic rings. The van der Waals surface area contributed by atoms with E-state index in [1.165, 1.54) is 0 Å². The third kappa shape index (κ3) is 2.45. The summed E-state index contributed by atoms with van der Waals surface area (Å²) in [6.07, 6.45) is 0.754. The first-order valence-electron chi connectivity index (χ1n) is 5.97. The Bertz CT molecular complexity index is 478. The molecule has 1 aliphatic rings. The van der Waals surface area contributed by atoms with Gasteiger partial charge in [-0.3, -0.25) is 4.79 Å². The van der Waals surface area contributed by atoms with E-state index in [1.54, 1.807) is 13.8 Å². The molecule has 0 saturated heterocycles. The number of para-hydroxylation sites is 1. The Hall–Kier alpha value is -2.02. The zero-order valence-corrected chi connectivity index (χ0v) is 10.6. The second-order valence-corrected chi connectivity index (χ2v) is 5.00. The minimum atomic E-state index is -0.995. The number of nitrogens with one attached hydrogen (secondary N) is 1. The zero-order chi connectivity index (χ0) is 13.2.